The molecule has 22 heavy (non-hydrogen) atoms. The minimum absolute atomic E-state index is 0.145. The summed E-state index contributed by atoms with van der Waals surface area (Å²) in [6.45, 7) is 7.21. The smallest absolute Gasteiger partial charge is 0.251 e. The molecule has 1 N–H and O–H groups in total. The van der Waals surface area contributed by atoms with Crippen molar-refractivity contribution in [3.63, 3.8) is 0 Å². The zero-order valence-electron chi connectivity index (χ0n) is 14.4. The Labute approximate surface area is 132 Å². The van der Waals surface area contributed by atoms with Gasteiger partial charge < -0.3 is 19.5 Å². The van der Waals surface area contributed by atoms with Crippen molar-refractivity contribution in [2.24, 2.45) is 5.41 Å². The fourth-order valence-corrected chi connectivity index (χ4v) is 2.13. The number of methoxy groups -OCH3 is 3. The SMILES string of the molecule is COc1cc(C(=O)NCCCC(C)(C)C)cc(OC)c1OC. The molecular formula is C17H27NO4. The maximum Gasteiger partial charge on any atom is 0.251 e. The second-order valence-corrected chi connectivity index (χ2v) is 6.33. The molecule has 1 aromatic rings. The lowest BCUT2D eigenvalue weighted by molar-refractivity contribution is 0.0950. The highest BCUT2D eigenvalue weighted by atomic mass is 16.5. The summed E-state index contributed by atoms with van der Waals surface area (Å²) in [5.41, 5.74) is 0.766. The second kappa shape index (κ2) is 7.92. The number of ether oxygens (including phenoxy) is 3. The average molecular weight is 309 g/mol. The predicted octanol–water partition coefficient (Wildman–Crippen LogP) is 3.27. The van der Waals surface area contributed by atoms with Crippen molar-refractivity contribution < 1.29 is 19.0 Å². The van der Waals surface area contributed by atoms with Crippen LogP contribution in [-0.2, 0) is 0 Å². The molecule has 0 radical (unpaired) electrons. The molecule has 0 fully saturated rings. The van der Waals surface area contributed by atoms with Crippen LogP contribution >= 0.6 is 0 Å². The third kappa shape index (κ3) is 5.13. The van der Waals surface area contributed by atoms with Crippen molar-refractivity contribution >= 4 is 5.91 Å². The van der Waals surface area contributed by atoms with Crippen LogP contribution in [0.5, 0.6) is 17.2 Å². The van der Waals surface area contributed by atoms with E-state index in [1.54, 1.807) is 12.1 Å². The molecule has 5 nitrogen and oxygen atoms in total. The molecule has 0 aromatic heterocycles. The lowest BCUT2D eigenvalue weighted by Gasteiger charge is -2.18. The van der Waals surface area contributed by atoms with Crippen molar-refractivity contribution in [3.05, 3.63) is 17.7 Å². The molecule has 0 saturated carbocycles. The van der Waals surface area contributed by atoms with Gasteiger partial charge in [0, 0.05) is 12.1 Å². The Balaban J connectivity index is 2.77. The van der Waals surface area contributed by atoms with Crippen LogP contribution in [0.25, 0.3) is 0 Å². The van der Waals surface area contributed by atoms with E-state index in [1.807, 2.05) is 0 Å². The molecule has 0 saturated heterocycles. The van der Waals surface area contributed by atoms with Crippen LogP contribution in [0.3, 0.4) is 0 Å². The van der Waals surface area contributed by atoms with E-state index in [-0.39, 0.29) is 11.3 Å². The van der Waals surface area contributed by atoms with Crippen molar-refractivity contribution in [1.29, 1.82) is 0 Å². The van der Waals surface area contributed by atoms with E-state index in [2.05, 4.69) is 26.1 Å². The molecule has 0 unspecified atom stereocenters. The van der Waals surface area contributed by atoms with Gasteiger partial charge in [0.1, 0.15) is 0 Å². The van der Waals surface area contributed by atoms with E-state index < -0.39 is 0 Å². The van der Waals surface area contributed by atoms with Crippen molar-refractivity contribution in [2.75, 3.05) is 27.9 Å². The number of amides is 1. The second-order valence-electron chi connectivity index (χ2n) is 6.33. The Bertz CT molecular complexity index is 481. The van der Waals surface area contributed by atoms with E-state index in [4.69, 9.17) is 14.2 Å². The van der Waals surface area contributed by atoms with Gasteiger partial charge >= 0.3 is 0 Å². The Hall–Kier alpha value is -1.91. The first kappa shape index (κ1) is 18.1. The summed E-state index contributed by atoms with van der Waals surface area (Å²) >= 11 is 0. The number of nitrogens with one attached hydrogen (secondary N) is 1. The average Bonchev–Trinajstić information content (AvgIpc) is 2.48. The summed E-state index contributed by atoms with van der Waals surface area (Å²) in [6, 6.07) is 3.31. The lowest BCUT2D eigenvalue weighted by atomic mass is 9.91. The number of hydrogen-bond acceptors (Lipinski definition) is 4. The molecule has 0 atom stereocenters. The van der Waals surface area contributed by atoms with E-state index in [1.165, 1.54) is 21.3 Å². The van der Waals surface area contributed by atoms with Gasteiger partial charge in [0.25, 0.3) is 5.91 Å². The number of rotatable bonds is 7. The number of benzene rings is 1. The van der Waals surface area contributed by atoms with E-state index in [9.17, 15) is 4.79 Å². The molecule has 5 heteroatoms. The summed E-state index contributed by atoms with van der Waals surface area (Å²) in [4.78, 5) is 12.2. The zero-order valence-corrected chi connectivity index (χ0v) is 14.4. The maximum absolute atomic E-state index is 12.2. The highest BCUT2D eigenvalue weighted by Gasteiger charge is 2.17. The molecule has 0 aliphatic heterocycles. The van der Waals surface area contributed by atoms with Crippen LogP contribution in [0.15, 0.2) is 12.1 Å². The van der Waals surface area contributed by atoms with Crippen molar-refractivity contribution in [2.45, 2.75) is 33.6 Å². The van der Waals surface area contributed by atoms with Crippen LogP contribution in [0.2, 0.25) is 0 Å². The van der Waals surface area contributed by atoms with Gasteiger partial charge in [-0.3, -0.25) is 4.79 Å². The molecule has 0 bridgehead atoms. The van der Waals surface area contributed by atoms with Crippen LogP contribution in [0, 0.1) is 5.41 Å². The largest absolute Gasteiger partial charge is 0.493 e. The molecule has 0 aliphatic rings. The highest BCUT2D eigenvalue weighted by Crippen LogP contribution is 2.38. The molecule has 1 aromatic carbocycles. The van der Waals surface area contributed by atoms with Crippen LogP contribution < -0.4 is 19.5 Å². The maximum atomic E-state index is 12.2. The third-order valence-corrected chi connectivity index (χ3v) is 3.32. The zero-order chi connectivity index (χ0) is 16.8. The Morgan fingerprint density at radius 1 is 1.05 bits per heavy atom. The normalized spacial score (nSPS) is 11.0. The fraction of sp³-hybridized carbons (Fsp3) is 0.588. The topological polar surface area (TPSA) is 56.8 Å². The Morgan fingerprint density at radius 3 is 2.00 bits per heavy atom. The molecule has 0 aliphatic carbocycles. The van der Waals surface area contributed by atoms with Gasteiger partial charge in [-0.2, -0.15) is 0 Å². The fourth-order valence-electron chi connectivity index (χ4n) is 2.13. The monoisotopic (exact) mass is 309 g/mol. The standard InChI is InChI=1S/C17H27NO4/c1-17(2,3)8-7-9-18-16(19)12-10-13(20-4)15(22-6)14(11-12)21-5/h10-11H,7-9H2,1-6H3,(H,18,19). The van der Waals surface area contributed by atoms with Crippen LogP contribution in [0.4, 0.5) is 0 Å². The van der Waals surface area contributed by atoms with E-state index in [0.717, 1.165) is 12.8 Å². The van der Waals surface area contributed by atoms with Gasteiger partial charge in [0.05, 0.1) is 21.3 Å². The molecular weight excluding hydrogens is 282 g/mol. The van der Waals surface area contributed by atoms with Crippen molar-refractivity contribution in [1.82, 2.24) is 5.32 Å². The van der Waals surface area contributed by atoms with Gasteiger partial charge in [0.15, 0.2) is 11.5 Å². The summed E-state index contributed by atoms with van der Waals surface area (Å²) in [5.74, 6) is 1.28. The number of carbonyl (C=O) groups excluding carboxylic acids is 1. The number of carbonyl (C=O) groups is 1. The van der Waals surface area contributed by atoms with Crippen LogP contribution in [-0.4, -0.2) is 33.8 Å². The summed E-state index contributed by atoms with van der Waals surface area (Å²) in [7, 11) is 4.59. The van der Waals surface area contributed by atoms with Gasteiger partial charge in [-0.05, 0) is 30.4 Å². The van der Waals surface area contributed by atoms with Crippen molar-refractivity contribution in [3.8, 4) is 17.2 Å². The van der Waals surface area contributed by atoms with Gasteiger partial charge in [-0.1, -0.05) is 20.8 Å². The van der Waals surface area contributed by atoms with Gasteiger partial charge in [-0.25, -0.2) is 0 Å². The predicted molar refractivity (Wildman–Crippen MR) is 87.1 cm³/mol. The minimum Gasteiger partial charge on any atom is -0.493 e. The molecule has 1 rings (SSSR count). The third-order valence-electron chi connectivity index (χ3n) is 3.32. The number of hydrogen-bond donors (Lipinski definition) is 1. The highest BCUT2D eigenvalue weighted by molar-refractivity contribution is 5.95. The molecule has 1 amide bonds. The molecule has 0 heterocycles. The quantitative estimate of drug-likeness (QED) is 0.785. The first-order valence-electron chi connectivity index (χ1n) is 7.40. The summed E-state index contributed by atoms with van der Waals surface area (Å²) < 4.78 is 15.8. The van der Waals surface area contributed by atoms with Crippen LogP contribution in [0.1, 0.15) is 44.0 Å². The van der Waals surface area contributed by atoms with Gasteiger partial charge in [0.2, 0.25) is 5.75 Å². The Morgan fingerprint density at radius 2 is 1.59 bits per heavy atom. The molecule has 0 spiro atoms. The minimum atomic E-state index is -0.145. The van der Waals surface area contributed by atoms with E-state index >= 15 is 0 Å². The van der Waals surface area contributed by atoms with E-state index in [0.29, 0.717) is 29.4 Å². The summed E-state index contributed by atoms with van der Waals surface area (Å²) in [6.07, 6.45) is 2.00. The summed E-state index contributed by atoms with van der Waals surface area (Å²) in [5, 5.41) is 2.92. The van der Waals surface area contributed by atoms with Gasteiger partial charge in [-0.15, -0.1) is 0 Å². The molecule has 124 valence electrons. The first-order chi connectivity index (χ1) is 10.3. The Kier molecular flexibility index (Phi) is 6.53. The first-order valence-corrected chi connectivity index (χ1v) is 7.40. The lowest BCUT2D eigenvalue weighted by Crippen LogP contribution is -2.25.